The molecule has 0 aliphatic carbocycles. The van der Waals surface area contributed by atoms with Crippen molar-refractivity contribution in [1.29, 1.82) is 0 Å². The molecule has 2 heteroatoms. The van der Waals surface area contributed by atoms with Crippen LogP contribution in [0.25, 0.3) is 0 Å². The second kappa shape index (κ2) is 7.39. The molecule has 21 heavy (non-hydrogen) atoms. The van der Waals surface area contributed by atoms with E-state index >= 15 is 0 Å². The molecule has 1 saturated heterocycles. The van der Waals surface area contributed by atoms with Crippen LogP contribution in [0.3, 0.4) is 0 Å². The van der Waals surface area contributed by atoms with E-state index in [0.717, 1.165) is 25.9 Å². The molecule has 0 amide bonds. The normalized spacial score (nSPS) is 16.0. The number of nitrogens with zero attached hydrogens (tertiary/aromatic N) is 1. The smallest absolute Gasteiger partial charge is 0.0108 e. The van der Waals surface area contributed by atoms with Gasteiger partial charge in [0.05, 0.1) is 0 Å². The van der Waals surface area contributed by atoms with E-state index in [-0.39, 0.29) is 0 Å². The molecule has 0 spiro atoms. The van der Waals surface area contributed by atoms with Gasteiger partial charge in [-0.15, -0.1) is 0 Å². The lowest BCUT2D eigenvalue weighted by Gasteiger charge is -2.27. The molecule has 1 heterocycles. The van der Waals surface area contributed by atoms with Gasteiger partial charge in [0.1, 0.15) is 0 Å². The molecule has 0 bridgehead atoms. The standard InChI is InChI=1S/C19H24N2/c1-2-4-18(5-3-1)16-19-8-6-17(7-9-19)10-13-21-14-11-20-12-15-21/h1-9,20H,10-16H2. The van der Waals surface area contributed by atoms with Gasteiger partial charge in [0.25, 0.3) is 0 Å². The van der Waals surface area contributed by atoms with Gasteiger partial charge in [-0.1, -0.05) is 54.6 Å². The monoisotopic (exact) mass is 280 g/mol. The summed E-state index contributed by atoms with van der Waals surface area (Å²) in [5, 5.41) is 3.40. The van der Waals surface area contributed by atoms with Crippen molar-refractivity contribution >= 4 is 0 Å². The van der Waals surface area contributed by atoms with Crippen LogP contribution >= 0.6 is 0 Å². The molecule has 2 aromatic carbocycles. The fraction of sp³-hybridized carbons (Fsp3) is 0.368. The fourth-order valence-corrected chi connectivity index (χ4v) is 2.88. The van der Waals surface area contributed by atoms with Crippen molar-refractivity contribution in [2.45, 2.75) is 12.8 Å². The van der Waals surface area contributed by atoms with Gasteiger partial charge < -0.3 is 10.2 Å². The summed E-state index contributed by atoms with van der Waals surface area (Å²) in [5.41, 5.74) is 4.23. The molecular weight excluding hydrogens is 256 g/mol. The molecule has 110 valence electrons. The summed E-state index contributed by atoms with van der Waals surface area (Å²) < 4.78 is 0. The first-order valence-electron chi connectivity index (χ1n) is 7.95. The Kier molecular flexibility index (Phi) is 5.03. The third-order valence-corrected chi connectivity index (χ3v) is 4.20. The lowest BCUT2D eigenvalue weighted by Crippen LogP contribution is -2.44. The van der Waals surface area contributed by atoms with Crippen LogP contribution in [0.4, 0.5) is 0 Å². The molecule has 0 saturated carbocycles. The van der Waals surface area contributed by atoms with Crippen molar-refractivity contribution in [2.75, 3.05) is 32.7 Å². The Morgan fingerprint density at radius 3 is 2.10 bits per heavy atom. The lowest BCUT2D eigenvalue weighted by atomic mass is 10.0. The predicted octanol–water partition coefficient (Wildman–Crippen LogP) is 2.73. The number of nitrogens with one attached hydrogen (secondary N) is 1. The Morgan fingerprint density at radius 1 is 0.762 bits per heavy atom. The number of benzene rings is 2. The summed E-state index contributed by atoms with van der Waals surface area (Å²) in [6, 6.07) is 19.8. The summed E-state index contributed by atoms with van der Waals surface area (Å²) in [4.78, 5) is 2.55. The van der Waals surface area contributed by atoms with Crippen LogP contribution in [0.15, 0.2) is 54.6 Å². The molecule has 0 unspecified atom stereocenters. The maximum absolute atomic E-state index is 3.40. The van der Waals surface area contributed by atoms with Crippen LogP contribution in [0, 0.1) is 0 Å². The second-order valence-corrected chi connectivity index (χ2v) is 5.82. The molecular formula is C19H24N2. The summed E-state index contributed by atoms with van der Waals surface area (Å²) in [5.74, 6) is 0. The summed E-state index contributed by atoms with van der Waals surface area (Å²) in [7, 11) is 0. The van der Waals surface area contributed by atoms with E-state index in [0.29, 0.717) is 0 Å². The van der Waals surface area contributed by atoms with Crippen molar-refractivity contribution in [3.05, 3.63) is 71.3 Å². The minimum atomic E-state index is 1.03. The minimum absolute atomic E-state index is 1.03. The lowest BCUT2D eigenvalue weighted by molar-refractivity contribution is 0.244. The van der Waals surface area contributed by atoms with Crippen molar-refractivity contribution in [2.24, 2.45) is 0 Å². The van der Waals surface area contributed by atoms with Crippen LogP contribution in [0.5, 0.6) is 0 Å². The van der Waals surface area contributed by atoms with Crippen LogP contribution in [0.2, 0.25) is 0 Å². The summed E-state index contributed by atoms with van der Waals surface area (Å²) >= 11 is 0. The van der Waals surface area contributed by atoms with Gasteiger partial charge in [-0.05, 0) is 29.5 Å². The molecule has 0 aromatic heterocycles. The van der Waals surface area contributed by atoms with Crippen molar-refractivity contribution in [1.82, 2.24) is 10.2 Å². The first-order chi connectivity index (χ1) is 10.4. The first-order valence-corrected chi connectivity index (χ1v) is 7.95. The SMILES string of the molecule is c1ccc(Cc2ccc(CCN3CCNCC3)cc2)cc1. The van der Waals surface area contributed by atoms with Crippen LogP contribution in [0.1, 0.15) is 16.7 Å². The molecule has 1 aliphatic rings. The van der Waals surface area contributed by atoms with E-state index in [1.165, 1.54) is 36.3 Å². The van der Waals surface area contributed by atoms with Crippen LogP contribution in [-0.4, -0.2) is 37.6 Å². The highest BCUT2D eigenvalue weighted by atomic mass is 15.2. The zero-order valence-corrected chi connectivity index (χ0v) is 12.6. The van der Waals surface area contributed by atoms with Gasteiger partial charge in [-0.25, -0.2) is 0 Å². The fourth-order valence-electron chi connectivity index (χ4n) is 2.88. The molecule has 2 nitrogen and oxygen atoms in total. The number of rotatable bonds is 5. The van der Waals surface area contributed by atoms with E-state index in [4.69, 9.17) is 0 Å². The van der Waals surface area contributed by atoms with E-state index < -0.39 is 0 Å². The highest BCUT2D eigenvalue weighted by molar-refractivity contribution is 5.28. The quantitative estimate of drug-likeness (QED) is 0.906. The van der Waals surface area contributed by atoms with Crippen molar-refractivity contribution in [3.63, 3.8) is 0 Å². The predicted molar refractivity (Wildman–Crippen MR) is 88.7 cm³/mol. The van der Waals surface area contributed by atoms with E-state index in [1.54, 1.807) is 0 Å². The van der Waals surface area contributed by atoms with Gasteiger partial charge in [0.2, 0.25) is 0 Å². The number of hydrogen-bond donors (Lipinski definition) is 1. The number of hydrogen-bond acceptors (Lipinski definition) is 2. The Balaban J connectivity index is 1.51. The van der Waals surface area contributed by atoms with Gasteiger partial charge >= 0.3 is 0 Å². The third kappa shape index (κ3) is 4.42. The molecule has 1 aliphatic heterocycles. The van der Waals surface area contributed by atoms with E-state index in [2.05, 4.69) is 64.8 Å². The summed E-state index contributed by atoms with van der Waals surface area (Å²) in [6.07, 6.45) is 2.19. The maximum Gasteiger partial charge on any atom is 0.0108 e. The van der Waals surface area contributed by atoms with Crippen molar-refractivity contribution in [3.8, 4) is 0 Å². The Hall–Kier alpha value is -1.64. The molecule has 0 atom stereocenters. The van der Waals surface area contributed by atoms with Gasteiger partial charge in [-0.2, -0.15) is 0 Å². The third-order valence-electron chi connectivity index (χ3n) is 4.20. The second-order valence-electron chi connectivity index (χ2n) is 5.82. The molecule has 3 rings (SSSR count). The largest absolute Gasteiger partial charge is 0.314 e. The Morgan fingerprint density at radius 2 is 1.38 bits per heavy atom. The maximum atomic E-state index is 3.40. The molecule has 0 radical (unpaired) electrons. The summed E-state index contributed by atoms with van der Waals surface area (Å²) in [6.45, 7) is 5.82. The first kappa shape index (κ1) is 14.3. The highest BCUT2D eigenvalue weighted by Gasteiger charge is 2.08. The Labute approximate surface area is 127 Å². The Bertz CT molecular complexity index is 527. The average molecular weight is 280 g/mol. The van der Waals surface area contributed by atoms with Gasteiger partial charge in [-0.3, -0.25) is 0 Å². The minimum Gasteiger partial charge on any atom is -0.314 e. The average Bonchev–Trinajstić information content (AvgIpc) is 2.56. The molecule has 2 aromatic rings. The highest BCUT2D eigenvalue weighted by Crippen LogP contribution is 2.11. The van der Waals surface area contributed by atoms with Gasteiger partial charge in [0.15, 0.2) is 0 Å². The number of piperazine rings is 1. The van der Waals surface area contributed by atoms with E-state index in [1.807, 2.05) is 0 Å². The molecule has 1 N–H and O–H groups in total. The van der Waals surface area contributed by atoms with Crippen LogP contribution in [-0.2, 0) is 12.8 Å². The molecule has 1 fully saturated rings. The zero-order valence-electron chi connectivity index (χ0n) is 12.6. The topological polar surface area (TPSA) is 15.3 Å². The zero-order chi connectivity index (χ0) is 14.3. The van der Waals surface area contributed by atoms with Crippen LogP contribution < -0.4 is 5.32 Å². The van der Waals surface area contributed by atoms with Crippen molar-refractivity contribution < 1.29 is 0 Å². The van der Waals surface area contributed by atoms with Gasteiger partial charge in [0, 0.05) is 32.7 Å². The van der Waals surface area contributed by atoms with E-state index in [9.17, 15) is 0 Å².